The molecule has 0 saturated heterocycles. The summed E-state index contributed by atoms with van der Waals surface area (Å²) < 4.78 is 0. The van der Waals surface area contributed by atoms with E-state index in [0.717, 1.165) is 10.6 Å². The number of aromatic nitrogens is 1. The Hall–Kier alpha value is -1.35. The van der Waals surface area contributed by atoms with E-state index >= 15 is 0 Å². The van der Waals surface area contributed by atoms with Crippen LogP contribution in [0.15, 0.2) is 29.6 Å². The monoisotopic (exact) mass is 217 g/mol. The van der Waals surface area contributed by atoms with Crippen LogP contribution in [0.5, 0.6) is 5.75 Å². The van der Waals surface area contributed by atoms with Crippen molar-refractivity contribution >= 4 is 11.3 Å². The Bertz CT molecular complexity index is 488. The highest BCUT2D eigenvalue weighted by atomic mass is 32.1. The molecular formula is C12H11NOS. The minimum absolute atomic E-state index is 0.302. The first-order chi connectivity index (χ1) is 7.33. The molecule has 0 amide bonds. The van der Waals surface area contributed by atoms with Gasteiger partial charge in [0.25, 0.3) is 0 Å². The zero-order valence-electron chi connectivity index (χ0n) is 8.18. The van der Waals surface area contributed by atoms with Gasteiger partial charge in [-0.15, -0.1) is 11.3 Å². The van der Waals surface area contributed by atoms with Crippen molar-refractivity contribution < 1.29 is 5.11 Å². The highest BCUT2D eigenvalue weighted by molar-refractivity contribution is 7.13. The zero-order valence-corrected chi connectivity index (χ0v) is 9.00. The number of phenolic OH excluding ortho intramolecular Hbond substituents is 1. The first kappa shape index (κ1) is 8.92. The van der Waals surface area contributed by atoms with Gasteiger partial charge >= 0.3 is 0 Å². The molecule has 0 unspecified atom stereocenters. The normalized spacial score (nSPS) is 15.5. The van der Waals surface area contributed by atoms with Gasteiger partial charge in [0.05, 0.1) is 5.69 Å². The van der Waals surface area contributed by atoms with Crippen molar-refractivity contribution in [3.8, 4) is 16.3 Å². The molecule has 0 spiro atoms. The lowest BCUT2D eigenvalue weighted by atomic mass is 10.2. The van der Waals surface area contributed by atoms with Crippen LogP contribution in [0.2, 0.25) is 0 Å². The summed E-state index contributed by atoms with van der Waals surface area (Å²) in [6, 6.07) is 7.27. The van der Waals surface area contributed by atoms with Gasteiger partial charge in [0.15, 0.2) is 0 Å². The van der Waals surface area contributed by atoms with Gasteiger partial charge in [0, 0.05) is 16.9 Å². The van der Waals surface area contributed by atoms with Crippen molar-refractivity contribution in [3.05, 3.63) is 35.3 Å². The average molecular weight is 217 g/mol. The maximum Gasteiger partial charge on any atom is 0.123 e. The summed E-state index contributed by atoms with van der Waals surface area (Å²) in [4.78, 5) is 4.59. The second kappa shape index (κ2) is 3.35. The number of phenols is 1. The first-order valence-electron chi connectivity index (χ1n) is 5.08. The van der Waals surface area contributed by atoms with E-state index in [9.17, 15) is 5.11 Å². The van der Waals surface area contributed by atoms with Crippen LogP contribution in [0.4, 0.5) is 0 Å². The number of thiazole rings is 1. The van der Waals surface area contributed by atoms with Gasteiger partial charge in [-0.25, -0.2) is 4.98 Å². The Morgan fingerprint density at radius 2 is 2.20 bits per heavy atom. The van der Waals surface area contributed by atoms with Gasteiger partial charge < -0.3 is 5.11 Å². The van der Waals surface area contributed by atoms with Crippen LogP contribution in [-0.2, 0) is 0 Å². The summed E-state index contributed by atoms with van der Waals surface area (Å²) >= 11 is 1.66. The quantitative estimate of drug-likeness (QED) is 0.836. The summed E-state index contributed by atoms with van der Waals surface area (Å²) in [7, 11) is 0. The zero-order chi connectivity index (χ0) is 10.3. The smallest absolute Gasteiger partial charge is 0.123 e. The van der Waals surface area contributed by atoms with Crippen LogP contribution < -0.4 is 0 Å². The molecule has 1 N–H and O–H groups in total. The third kappa shape index (κ3) is 1.75. The number of hydrogen-bond acceptors (Lipinski definition) is 3. The van der Waals surface area contributed by atoms with Gasteiger partial charge in [-0.1, -0.05) is 12.1 Å². The molecule has 1 aromatic carbocycles. The van der Waals surface area contributed by atoms with Gasteiger partial charge in [0.1, 0.15) is 10.8 Å². The summed E-state index contributed by atoms with van der Waals surface area (Å²) in [5.74, 6) is 1.00. The molecule has 1 aliphatic carbocycles. The standard InChI is InChI=1S/C12H11NOS/c14-10-3-1-2-9(6-10)12-13-11(7-15-12)8-4-5-8/h1-3,6-8,14H,4-5H2. The molecule has 0 aliphatic heterocycles. The maximum absolute atomic E-state index is 9.38. The molecule has 0 atom stereocenters. The fraction of sp³-hybridized carbons (Fsp3) is 0.250. The Morgan fingerprint density at radius 3 is 2.93 bits per heavy atom. The lowest BCUT2D eigenvalue weighted by Gasteiger charge is -1.96. The molecule has 0 radical (unpaired) electrons. The fourth-order valence-electron chi connectivity index (χ4n) is 1.62. The van der Waals surface area contributed by atoms with Crippen LogP contribution in [0, 0.1) is 0 Å². The van der Waals surface area contributed by atoms with Crippen molar-refractivity contribution in [1.29, 1.82) is 0 Å². The van der Waals surface area contributed by atoms with Crippen molar-refractivity contribution in [2.75, 3.05) is 0 Å². The third-order valence-corrected chi connectivity index (χ3v) is 3.52. The Labute approximate surface area is 92.2 Å². The fourth-order valence-corrected chi connectivity index (χ4v) is 2.52. The predicted octanol–water partition coefficient (Wildman–Crippen LogP) is 3.39. The van der Waals surface area contributed by atoms with Crippen LogP contribution >= 0.6 is 11.3 Å². The van der Waals surface area contributed by atoms with E-state index in [4.69, 9.17) is 0 Å². The highest BCUT2D eigenvalue weighted by Crippen LogP contribution is 2.41. The van der Waals surface area contributed by atoms with E-state index in [2.05, 4.69) is 10.4 Å². The number of nitrogens with zero attached hydrogens (tertiary/aromatic N) is 1. The molecule has 1 aromatic heterocycles. The molecule has 15 heavy (non-hydrogen) atoms. The average Bonchev–Trinajstić information content (AvgIpc) is 2.97. The first-order valence-corrected chi connectivity index (χ1v) is 5.96. The molecule has 2 aromatic rings. The Kier molecular flexibility index (Phi) is 1.99. The largest absolute Gasteiger partial charge is 0.508 e. The van der Waals surface area contributed by atoms with Gasteiger partial charge in [0.2, 0.25) is 0 Å². The minimum atomic E-state index is 0.302. The number of rotatable bonds is 2. The molecule has 1 heterocycles. The van der Waals surface area contributed by atoms with Crippen LogP contribution in [0.25, 0.3) is 10.6 Å². The van der Waals surface area contributed by atoms with Crippen molar-refractivity contribution in [1.82, 2.24) is 4.98 Å². The Morgan fingerprint density at radius 1 is 1.33 bits per heavy atom. The molecule has 1 saturated carbocycles. The summed E-state index contributed by atoms with van der Waals surface area (Å²) in [5.41, 5.74) is 2.23. The van der Waals surface area contributed by atoms with E-state index in [-0.39, 0.29) is 0 Å². The molecular weight excluding hydrogens is 206 g/mol. The summed E-state index contributed by atoms with van der Waals surface area (Å²) in [6.45, 7) is 0. The van der Waals surface area contributed by atoms with Crippen LogP contribution in [-0.4, -0.2) is 10.1 Å². The minimum Gasteiger partial charge on any atom is -0.508 e. The van der Waals surface area contributed by atoms with E-state index in [0.29, 0.717) is 11.7 Å². The second-order valence-electron chi connectivity index (χ2n) is 3.90. The topological polar surface area (TPSA) is 33.1 Å². The highest BCUT2D eigenvalue weighted by Gasteiger charge is 2.26. The molecule has 3 heteroatoms. The number of hydrogen-bond donors (Lipinski definition) is 1. The predicted molar refractivity (Wildman–Crippen MR) is 61.2 cm³/mol. The number of aromatic hydroxyl groups is 1. The lowest BCUT2D eigenvalue weighted by molar-refractivity contribution is 0.475. The van der Waals surface area contributed by atoms with E-state index in [1.165, 1.54) is 18.5 Å². The molecule has 1 fully saturated rings. The van der Waals surface area contributed by atoms with Gasteiger partial charge in [-0.3, -0.25) is 0 Å². The van der Waals surface area contributed by atoms with Crippen LogP contribution in [0.1, 0.15) is 24.5 Å². The molecule has 1 aliphatic rings. The summed E-state index contributed by atoms with van der Waals surface area (Å²) in [5, 5.41) is 12.5. The second-order valence-corrected chi connectivity index (χ2v) is 4.76. The van der Waals surface area contributed by atoms with Crippen molar-refractivity contribution in [2.24, 2.45) is 0 Å². The van der Waals surface area contributed by atoms with Gasteiger partial charge in [-0.05, 0) is 25.0 Å². The van der Waals surface area contributed by atoms with Crippen LogP contribution in [0.3, 0.4) is 0 Å². The Balaban J connectivity index is 1.97. The van der Waals surface area contributed by atoms with E-state index in [1.54, 1.807) is 23.5 Å². The summed E-state index contributed by atoms with van der Waals surface area (Å²) in [6.07, 6.45) is 2.56. The molecule has 0 bridgehead atoms. The third-order valence-electron chi connectivity index (χ3n) is 2.61. The van der Waals surface area contributed by atoms with Gasteiger partial charge in [-0.2, -0.15) is 0 Å². The maximum atomic E-state index is 9.38. The molecule has 2 nitrogen and oxygen atoms in total. The molecule has 76 valence electrons. The number of benzene rings is 1. The SMILES string of the molecule is Oc1cccc(-c2nc(C3CC3)cs2)c1. The van der Waals surface area contributed by atoms with Crippen molar-refractivity contribution in [3.63, 3.8) is 0 Å². The van der Waals surface area contributed by atoms with Crippen molar-refractivity contribution in [2.45, 2.75) is 18.8 Å². The van der Waals surface area contributed by atoms with E-state index in [1.807, 2.05) is 12.1 Å². The molecule has 3 rings (SSSR count). The lowest BCUT2D eigenvalue weighted by Crippen LogP contribution is -1.79. The van der Waals surface area contributed by atoms with E-state index < -0.39 is 0 Å².